The van der Waals surface area contributed by atoms with Gasteiger partial charge in [0.25, 0.3) is 0 Å². The van der Waals surface area contributed by atoms with Gasteiger partial charge in [0, 0.05) is 5.02 Å². The molecule has 1 saturated heterocycles. The Kier molecular flexibility index (Phi) is 6.64. The molecule has 1 fully saturated rings. The van der Waals surface area contributed by atoms with Crippen LogP contribution in [0.4, 0.5) is 0 Å². The molecule has 0 bridgehead atoms. The first-order chi connectivity index (χ1) is 11.3. The number of rotatable bonds is 6. The van der Waals surface area contributed by atoms with E-state index in [1.165, 1.54) is 18.2 Å². The maximum Gasteiger partial charge on any atom is 0.344 e. The topological polar surface area (TPSA) is 126 Å². The normalized spacial score (nSPS) is 27.8. The lowest BCUT2D eigenvalue weighted by atomic mass is 10.1. The van der Waals surface area contributed by atoms with Gasteiger partial charge in [0.05, 0.1) is 5.02 Å². The summed E-state index contributed by atoms with van der Waals surface area (Å²) < 4.78 is 14.7. The number of ether oxygens (including phenoxy) is 3. The van der Waals surface area contributed by atoms with Gasteiger partial charge in [-0.1, -0.05) is 23.2 Å². The van der Waals surface area contributed by atoms with E-state index in [-0.39, 0.29) is 10.8 Å². The quantitative estimate of drug-likeness (QED) is 0.494. The van der Waals surface area contributed by atoms with Crippen molar-refractivity contribution in [3.63, 3.8) is 0 Å². The molecule has 5 atom stereocenters. The average molecular weight is 383 g/mol. The molecule has 1 aliphatic heterocycles. The van der Waals surface area contributed by atoms with Gasteiger partial charge in [-0.3, -0.25) is 0 Å². The maximum atomic E-state index is 11.6. The highest BCUT2D eigenvalue weighted by molar-refractivity contribution is 6.35. The molecule has 1 aromatic rings. The Labute approximate surface area is 147 Å². The Morgan fingerprint density at radius 2 is 1.96 bits per heavy atom. The fourth-order valence-corrected chi connectivity index (χ4v) is 2.51. The lowest BCUT2D eigenvalue weighted by Crippen LogP contribution is -2.41. The van der Waals surface area contributed by atoms with Crippen molar-refractivity contribution in [2.24, 2.45) is 0 Å². The molecule has 2 rings (SSSR count). The van der Waals surface area contributed by atoms with Gasteiger partial charge in [-0.15, -0.1) is 0 Å². The van der Waals surface area contributed by atoms with Gasteiger partial charge in [-0.2, -0.15) is 0 Å². The Hall–Kier alpha value is -1.13. The first-order valence-electron chi connectivity index (χ1n) is 6.91. The Morgan fingerprint density at radius 1 is 1.25 bits per heavy atom. The Morgan fingerprint density at radius 3 is 2.54 bits per heavy atom. The van der Waals surface area contributed by atoms with Crippen LogP contribution in [0.15, 0.2) is 18.2 Å². The van der Waals surface area contributed by atoms with E-state index in [2.05, 4.69) is 0 Å². The lowest BCUT2D eigenvalue weighted by molar-refractivity contribution is -0.164. The van der Waals surface area contributed by atoms with Gasteiger partial charge in [0.2, 0.25) is 0 Å². The maximum absolute atomic E-state index is 11.6. The van der Waals surface area contributed by atoms with Crippen molar-refractivity contribution in [2.75, 3.05) is 13.2 Å². The van der Waals surface area contributed by atoms with Crippen molar-refractivity contribution in [3.8, 4) is 5.75 Å². The second-order valence-corrected chi connectivity index (χ2v) is 5.93. The summed E-state index contributed by atoms with van der Waals surface area (Å²) in [5.74, 6) is -0.562. The van der Waals surface area contributed by atoms with Crippen LogP contribution in [0.25, 0.3) is 0 Å². The van der Waals surface area contributed by atoms with E-state index >= 15 is 0 Å². The summed E-state index contributed by atoms with van der Waals surface area (Å²) in [6.07, 6.45) is -7.39. The smallest absolute Gasteiger partial charge is 0.344 e. The van der Waals surface area contributed by atoms with Crippen LogP contribution in [0.1, 0.15) is 0 Å². The van der Waals surface area contributed by atoms with Crippen LogP contribution in [0.2, 0.25) is 10.0 Å². The summed E-state index contributed by atoms with van der Waals surface area (Å²) in [6, 6.07) is 4.47. The molecule has 1 aromatic carbocycles. The predicted octanol–water partition coefficient (Wildman–Crippen LogP) is -0.285. The van der Waals surface area contributed by atoms with Gasteiger partial charge in [-0.25, -0.2) is 4.79 Å². The summed E-state index contributed by atoms with van der Waals surface area (Å²) in [5.41, 5.74) is 0. The molecule has 8 nitrogen and oxygen atoms in total. The van der Waals surface area contributed by atoms with Gasteiger partial charge in [-0.05, 0) is 18.2 Å². The molecular weight excluding hydrogens is 367 g/mol. The number of carbonyl (C=O) groups is 1. The van der Waals surface area contributed by atoms with Crippen molar-refractivity contribution < 1.29 is 39.4 Å². The van der Waals surface area contributed by atoms with Crippen LogP contribution in [0, 0.1) is 0 Å². The van der Waals surface area contributed by atoms with Crippen molar-refractivity contribution in [2.45, 2.75) is 30.7 Å². The molecule has 1 unspecified atom stereocenters. The first-order valence-corrected chi connectivity index (χ1v) is 7.66. The number of benzene rings is 1. The molecule has 1 heterocycles. The zero-order valence-electron chi connectivity index (χ0n) is 12.2. The number of halogens is 2. The third-order valence-corrected chi connectivity index (χ3v) is 3.84. The molecule has 0 radical (unpaired) electrons. The van der Waals surface area contributed by atoms with Gasteiger partial charge < -0.3 is 34.6 Å². The second-order valence-electron chi connectivity index (χ2n) is 5.09. The number of aliphatic hydroxyl groups excluding tert-OH is 4. The van der Waals surface area contributed by atoms with Gasteiger partial charge in [0.15, 0.2) is 12.9 Å². The van der Waals surface area contributed by atoms with E-state index in [1.807, 2.05) is 0 Å². The van der Waals surface area contributed by atoms with Gasteiger partial charge >= 0.3 is 5.97 Å². The first kappa shape index (κ1) is 19.2. The van der Waals surface area contributed by atoms with E-state index in [0.29, 0.717) is 5.02 Å². The standard InChI is InChI=1S/C14H16Cl2O8/c15-6-1-2-9(7(16)3-6)22-5-10(18)23-4-8(17)13-11(19)12(20)14(21)24-13/h1-3,8,11-14,17,19-21H,4-5H2/t8?,11-,12-,13-,14+/m1/s1. The predicted molar refractivity (Wildman–Crippen MR) is 81.8 cm³/mol. The summed E-state index contributed by atoms with van der Waals surface area (Å²) in [4.78, 5) is 11.6. The highest BCUT2D eigenvalue weighted by Gasteiger charge is 2.45. The summed E-state index contributed by atoms with van der Waals surface area (Å²) in [5, 5.41) is 38.6. The third-order valence-electron chi connectivity index (χ3n) is 3.31. The van der Waals surface area contributed by atoms with Crippen LogP contribution in [-0.2, 0) is 14.3 Å². The fraction of sp³-hybridized carbons (Fsp3) is 0.500. The van der Waals surface area contributed by atoms with Crippen LogP contribution in [0.3, 0.4) is 0 Å². The summed E-state index contributed by atoms with van der Waals surface area (Å²) >= 11 is 11.6. The largest absolute Gasteiger partial charge is 0.480 e. The molecule has 24 heavy (non-hydrogen) atoms. The van der Waals surface area contributed by atoms with Crippen LogP contribution < -0.4 is 4.74 Å². The zero-order valence-corrected chi connectivity index (χ0v) is 13.7. The summed E-state index contributed by atoms with van der Waals surface area (Å²) in [6.45, 7) is -0.981. The SMILES string of the molecule is O=C(COc1ccc(Cl)cc1Cl)OCC(O)[C@H]1O[C@H](O)[C@H](O)[C@H]1O. The molecule has 4 N–H and O–H groups in total. The van der Waals surface area contributed by atoms with Crippen molar-refractivity contribution in [3.05, 3.63) is 28.2 Å². The zero-order chi connectivity index (χ0) is 17.9. The van der Waals surface area contributed by atoms with E-state index < -0.39 is 49.9 Å². The molecule has 134 valence electrons. The van der Waals surface area contributed by atoms with E-state index in [9.17, 15) is 25.2 Å². The number of carbonyl (C=O) groups excluding carboxylic acids is 1. The minimum Gasteiger partial charge on any atom is -0.480 e. The summed E-state index contributed by atoms with van der Waals surface area (Å²) in [7, 11) is 0. The van der Waals surface area contributed by atoms with Crippen LogP contribution in [0.5, 0.6) is 5.75 Å². The highest BCUT2D eigenvalue weighted by Crippen LogP contribution is 2.27. The van der Waals surface area contributed by atoms with Gasteiger partial charge in [0.1, 0.15) is 36.8 Å². The van der Waals surface area contributed by atoms with Crippen molar-refractivity contribution >= 4 is 29.2 Å². The van der Waals surface area contributed by atoms with E-state index in [0.717, 1.165) is 0 Å². The Balaban J connectivity index is 1.77. The molecule has 0 aromatic heterocycles. The molecule has 10 heteroatoms. The monoisotopic (exact) mass is 382 g/mol. The van der Waals surface area contributed by atoms with Crippen molar-refractivity contribution in [1.82, 2.24) is 0 Å². The molecule has 1 aliphatic rings. The fourth-order valence-electron chi connectivity index (χ4n) is 2.05. The van der Waals surface area contributed by atoms with E-state index in [4.69, 9.17) is 37.4 Å². The van der Waals surface area contributed by atoms with Crippen LogP contribution >= 0.6 is 23.2 Å². The average Bonchev–Trinajstić information content (AvgIpc) is 2.79. The molecule has 0 saturated carbocycles. The van der Waals surface area contributed by atoms with E-state index in [1.54, 1.807) is 0 Å². The van der Waals surface area contributed by atoms with Crippen molar-refractivity contribution in [1.29, 1.82) is 0 Å². The minimum atomic E-state index is -1.62. The number of aliphatic hydroxyl groups is 4. The number of hydrogen-bond acceptors (Lipinski definition) is 8. The van der Waals surface area contributed by atoms with Crippen LogP contribution in [-0.4, -0.2) is 70.3 Å². The Bertz CT molecular complexity index is 584. The highest BCUT2D eigenvalue weighted by atomic mass is 35.5. The molecule has 0 spiro atoms. The molecule has 0 aliphatic carbocycles. The number of esters is 1. The molecule has 0 amide bonds. The minimum absolute atomic E-state index is 0.223. The third kappa shape index (κ3) is 4.70. The lowest BCUT2D eigenvalue weighted by Gasteiger charge is -2.20. The molecular formula is C14H16Cl2O8. The number of hydrogen-bond donors (Lipinski definition) is 4. The second kappa shape index (κ2) is 8.30.